The molecular weight excluding hydrogens is 286 g/mol. The van der Waals surface area contributed by atoms with E-state index in [9.17, 15) is 14.7 Å². The van der Waals surface area contributed by atoms with Crippen molar-refractivity contribution in [3.63, 3.8) is 0 Å². The van der Waals surface area contributed by atoms with Crippen molar-refractivity contribution < 1.29 is 14.7 Å². The number of carbonyl (C=O) groups excluding carboxylic acids is 2. The molecule has 1 fully saturated rings. The van der Waals surface area contributed by atoms with Crippen molar-refractivity contribution in [2.24, 2.45) is 5.92 Å². The molecule has 3 rings (SSSR count). The minimum Gasteiger partial charge on any atom is -0.390 e. The molecule has 5 heteroatoms. The first-order valence-corrected chi connectivity index (χ1v) is 8.23. The molecule has 1 N–H and O–H groups in total. The topological polar surface area (TPSA) is 57.6 Å². The quantitative estimate of drug-likeness (QED) is 0.925. The highest BCUT2D eigenvalue weighted by atomic mass is 32.2. The number of amides is 1. The van der Waals surface area contributed by atoms with Crippen LogP contribution in [0.15, 0.2) is 24.3 Å². The Morgan fingerprint density at radius 3 is 2.90 bits per heavy atom. The maximum absolute atomic E-state index is 12.3. The highest BCUT2D eigenvalue weighted by Crippen LogP contribution is 2.39. The molecule has 1 aromatic carbocycles. The summed E-state index contributed by atoms with van der Waals surface area (Å²) in [5.41, 5.74) is 2.20. The van der Waals surface area contributed by atoms with Crippen LogP contribution in [0.4, 0.5) is 0 Å². The van der Waals surface area contributed by atoms with Crippen molar-refractivity contribution in [3.05, 3.63) is 35.4 Å². The Morgan fingerprint density at radius 2 is 2.14 bits per heavy atom. The van der Waals surface area contributed by atoms with E-state index in [4.69, 9.17) is 0 Å². The minimum absolute atomic E-state index is 0.0879. The average molecular weight is 305 g/mol. The third-order valence-corrected chi connectivity index (χ3v) is 5.31. The molecule has 21 heavy (non-hydrogen) atoms. The van der Waals surface area contributed by atoms with E-state index >= 15 is 0 Å². The monoisotopic (exact) mass is 305 g/mol. The molecule has 112 valence electrons. The summed E-state index contributed by atoms with van der Waals surface area (Å²) < 4.78 is 0. The van der Waals surface area contributed by atoms with E-state index < -0.39 is 6.10 Å². The Morgan fingerprint density at radius 1 is 1.38 bits per heavy atom. The van der Waals surface area contributed by atoms with Crippen LogP contribution in [0.5, 0.6) is 0 Å². The van der Waals surface area contributed by atoms with E-state index in [0.717, 1.165) is 11.1 Å². The number of hydrogen-bond donors (Lipinski definition) is 1. The maximum Gasteiger partial charge on any atom is 0.223 e. The van der Waals surface area contributed by atoms with E-state index in [0.29, 0.717) is 25.1 Å². The number of fused-ring (bicyclic) bond motifs is 1. The molecule has 3 unspecified atom stereocenters. The Hall–Kier alpha value is -1.33. The van der Waals surface area contributed by atoms with Gasteiger partial charge in [0.1, 0.15) is 0 Å². The van der Waals surface area contributed by atoms with Crippen LogP contribution in [-0.4, -0.2) is 39.4 Å². The van der Waals surface area contributed by atoms with Gasteiger partial charge in [-0.25, -0.2) is 0 Å². The fraction of sp³-hybridized carbons (Fsp3) is 0.500. The first-order valence-electron chi connectivity index (χ1n) is 7.25. The van der Waals surface area contributed by atoms with Gasteiger partial charge < -0.3 is 10.0 Å². The molecule has 0 spiro atoms. The zero-order valence-electron chi connectivity index (χ0n) is 12.0. The van der Waals surface area contributed by atoms with Crippen LogP contribution in [0.25, 0.3) is 0 Å². The fourth-order valence-electron chi connectivity index (χ4n) is 3.35. The van der Waals surface area contributed by atoms with E-state index in [2.05, 4.69) is 0 Å². The first kappa shape index (κ1) is 14.6. The second kappa shape index (κ2) is 5.81. The molecule has 3 atom stereocenters. The summed E-state index contributed by atoms with van der Waals surface area (Å²) in [6.45, 7) is 2.19. The van der Waals surface area contributed by atoms with E-state index in [-0.39, 0.29) is 23.0 Å². The number of aliphatic hydroxyl groups is 1. The Labute approximate surface area is 128 Å². The van der Waals surface area contributed by atoms with Crippen LogP contribution in [-0.2, 0) is 16.0 Å². The van der Waals surface area contributed by atoms with E-state index in [1.165, 1.54) is 11.8 Å². The molecule has 0 saturated carbocycles. The second-order valence-corrected chi connectivity index (χ2v) is 7.03. The third-order valence-electron chi connectivity index (χ3n) is 4.26. The highest BCUT2D eigenvalue weighted by Gasteiger charge is 2.42. The Bertz CT molecular complexity index is 574. The van der Waals surface area contributed by atoms with Gasteiger partial charge in [-0.1, -0.05) is 36.0 Å². The predicted octanol–water partition coefficient (Wildman–Crippen LogP) is 1.77. The summed E-state index contributed by atoms with van der Waals surface area (Å²) in [6, 6.07) is 7.71. The number of hydrogen-bond acceptors (Lipinski definition) is 4. The van der Waals surface area contributed by atoms with Gasteiger partial charge in [0.05, 0.1) is 12.1 Å². The van der Waals surface area contributed by atoms with Crippen molar-refractivity contribution in [2.45, 2.75) is 31.9 Å². The summed E-state index contributed by atoms with van der Waals surface area (Å²) in [4.78, 5) is 25.2. The second-order valence-electron chi connectivity index (χ2n) is 5.83. The lowest BCUT2D eigenvalue weighted by Crippen LogP contribution is -2.35. The van der Waals surface area contributed by atoms with Gasteiger partial charge in [-0.2, -0.15) is 0 Å². The summed E-state index contributed by atoms with van der Waals surface area (Å²) in [5, 5.41) is 10.4. The first-order chi connectivity index (χ1) is 10.1. The molecule has 1 heterocycles. The molecule has 0 aromatic heterocycles. The standard InChI is InChI=1S/C16H19NO3S/c1-10(18)21-9-11-6-15(20)17(8-11)16-13-5-3-2-4-12(13)7-14(16)19/h2-5,11,14,16,19H,6-9H2,1H3. The molecular formula is C16H19NO3S. The van der Waals surface area contributed by atoms with Crippen molar-refractivity contribution in [3.8, 4) is 0 Å². The van der Waals surface area contributed by atoms with Crippen LogP contribution >= 0.6 is 11.8 Å². The summed E-state index contributed by atoms with van der Waals surface area (Å²) in [5.74, 6) is 0.971. The smallest absolute Gasteiger partial charge is 0.223 e. The summed E-state index contributed by atoms with van der Waals surface area (Å²) in [6.07, 6.45) is 0.564. The number of rotatable bonds is 3. The lowest BCUT2D eigenvalue weighted by molar-refractivity contribution is -0.131. The molecule has 4 nitrogen and oxygen atoms in total. The molecule has 0 radical (unpaired) electrons. The average Bonchev–Trinajstić information content (AvgIpc) is 2.95. The number of benzene rings is 1. The lowest BCUT2D eigenvalue weighted by Gasteiger charge is -2.28. The van der Waals surface area contributed by atoms with E-state index in [1.54, 1.807) is 6.92 Å². The maximum atomic E-state index is 12.3. The molecule has 1 aromatic rings. The van der Waals surface area contributed by atoms with Crippen LogP contribution in [0.3, 0.4) is 0 Å². The highest BCUT2D eigenvalue weighted by molar-refractivity contribution is 8.13. The van der Waals surface area contributed by atoms with Crippen molar-refractivity contribution >= 4 is 22.8 Å². The van der Waals surface area contributed by atoms with Gasteiger partial charge in [-0.3, -0.25) is 9.59 Å². The van der Waals surface area contributed by atoms with Crippen LogP contribution in [0, 0.1) is 5.92 Å². The fourth-order valence-corrected chi connectivity index (χ4v) is 4.05. The number of carbonyl (C=O) groups is 2. The van der Waals surface area contributed by atoms with Crippen LogP contribution in [0.2, 0.25) is 0 Å². The van der Waals surface area contributed by atoms with Crippen LogP contribution < -0.4 is 0 Å². The van der Waals surface area contributed by atoms with Gasteiger partial charge in [0.2, 0.25) is 5.91 Å². The zero-order valence-corrected chi connectivity index (χ0v) is 12.8. The van der Waals surface area contributed by atoms with Crippen molar-refractivity contribution in [1.82, 2.24) is 4.90 Å². The van der Waals surface area contributed by atoms with Crippen molar-refractivity contribution in [2.75, 3.05) is 12.3 Å². The SMILES string of the molecule is CC(=O)SCC1CC(=O)N(C2c3ccccc3CC2O)C1. The number of likely N-dealkylation sites (tertiary alicyclic amines) is 1. The normalized spacial score (nSPS) is 28.0. The van der Waals surface area contributed by atoms with Gasteiger partial charge in [-0.15, -0.1) is 0 Å². The van der Waals surface area contributed by atoms with Crippen molar-refractivity contribution in [1.29, 1.82) is 0 Å². The van der Waals surface area contributed by atoms with Gasteiger partial charge in [0.15, 0.2) is 5.12 Å². The van der Waals surface area contributed by atoms with Crippen LogP contribution in [0.1, 0.15) is 30.5 Å². The number of thioether (sulfide) groups is 1. The van der Waals surface area contributed by atoms with Gasteiger partial charge in [0, 0.05) is 32.1 Å². The largest absolute Gasteiger partial charge is 0.390 e. The van der Waals surface area contributed by atoms with E-state index in [1.807, 2.05) is 29.2 Å². The molecule has 1 aliphatic carbocycles. The molecule has 1 amide bonds. The lowest BCUT2D eigenvalue weighted by atomic mass is 10.1. The van der Waals surface area contributed by atoms with Gasteiger partial charge in [-0.05, 0) is 17.0 Å². The molecule has 1 aliphatic heterocycles. The molecule has 2 aliphatic rings. The Balaban J connectivity index is 1.75. The predicted molar refractivity (Wildman–Crippen MR) is 81.9 cm³/mol. The summed E-state index contributed by atoms with van der Waals surface area (Å²) >= 11 is 1.28. The minimum atomic E-state index is -0.523. The third kappa shape index (κ3) is 2.85. The molecule has 1 saturated heterocycles. The Kier molecular flexibility index (Phi) is 4.04. The molecule has 0 bridgehead atoms. The summed E-state index contributed by atoms with van der Waals surface area (Å²) in [7, 11) is 0. The number of aliphatic hydroxyl groups excluding tert-OH is 1. The van der Waals surface area contributed by atoms with Gasteiger partial charge >= 0.3 is 0 Å². The van der Waals surface area contributed by atoms with Gasteiger partial charge in [0.25, 0.3) is 0 Å². The zero-order chi connectivity index (χ0) is 15.0. The number of nitrogens with zero attached hydrogens (tertiary/aromatic N) is 1.